The van der Waals surface area contributed by atoms with Crippen molar-refractivity contribution < 1.29 is 0 Å². The summed E-state index contributed by atoms with van der Waals surface area (Å²) in [4.78, 5) is 6.60. The van der Waals surface area contributed by atoms with Gasteiger partial charge in [-0.05, 0) is 31.9 Å². The van der Waals surface area contributed by atoms with E-state index < -0.39 is 0 Å². The second-order valence-corrected chi connectivity index (χ2v) is 4.93. The number of halogens is 1. The minimum absolute atomic E-state index is 0.399. The molecule has 1 unspecified atom stereocenters. The van der Waals surface area contributed by atoms with E-state index in [2.05, 4.69) is 22.9 Å². The number of anilines is 1. The van der Waals surface area contributed by atoms with Gasteiger partial charge in [-0.25, -0.2) is 4.98 Å². The second-order valence-electron chi connectivity index (χ2n) is 4.54. The quantitative estimate of drug-likeness (QED) is 0.717. The van der Waals surface area contributed by atoms with Crippen LogP contribution < -0.4 is 4.90 Å². The van der Waals surface area contributed by atoms with Gasteiger partial charge in [0.25, 0.3) is 0 Å². The van der Waals surface area contributed by atoms with E-state index in [0.29, 0.717) is 16.8 Å². The minimum Gasteiger partial charge on any atom is -0.354 e. The summed E-state index contributed by atoms with van der Waals surface area (Å²) in [6.07, 6.45) is 4.90. The van der Waals surface area contributed by atoms with Crippen LogP contribution in [0, 0.1) is 11.3 Å². The summed E-state index contributed by atoms with van der Waals surface area (Å²) in [5.41, 5.74) is 0.580. The molecule has 1 aromatic rings. The molecule has 3 nitrogen and oxygen atoms in total. The Morgan fingerprint density at radius 3 is 3.00 bits per heavy atom. The highest BCUT2D eigenvalue weighted by molar-refractivity contribution is 6.29. The summed E-state index contributed by atoms with van der Waals surface area (Å²) in [6, 6.07) is 6.03. The fourth-order valence-electron chi connectivity index (χ4n) is 2.31. The molecule has 0 N–H and O–H groups in total. The van der Waals surface area contributed by atoms with Gasteiger partial charge < -0.3 is 4.90 Å². The molecule has 90 valence electrons. The van der Waals surface area contributed by atoms with Gasteiger partial charge in [-0.15, -0.1) is 0 Å². The molecule has 0 aliphatic carbocycles. The average molecular weight is 250 g/mol. The summed E-state index contributed by atoms with van der Waals surface area (Å²) in [5, 5.41) is 9.35. The molecule has 0 radical (unpaired) electrons. The molecule has 1 aromatic heterocycles. The van der Waals surface area contributed by atoms with Gasteiger partial charge in [0.1, 0.15) is 11.0 Å². The number of nitrogens with zero attached hydrogens (tertiary/aromatic N) is 3. The molecule has 1 atom stereocenters. The number of nitriles is 1. The van der Waals surface area contributed by atoms with Crippen LogP contribution in [0.3, 0.4) is 0 Å². The number of hydrogen-bond donors (Lipinski definition) is 0. The van der Waals surface area contributed by atoms with Crippen molar-refractivity contribution in [2.24, 2.45) is 0 Å². The molecular weight excluding hydrogens is 234 g/mol. The molecule has 0 spiro atoms. The van der Waals surface area contributed by atoms with Gasteiger partial charge in [-0.3, -0.25) is 0 Å². The first-order valence-electron chi connectivity index (χ1n) is 6.05. The average Bonchev–Trinajstić information content (AvgIpc) is 2.53. The van der Waals surface area contributed by atoms with Crippen LogP contribution in [0.2, 0.25) is 5.15 Å². The van der Waals surface area contributed by atoms with E-state index in [1.807, 2.05) is 6.07 Å². The van der Waals surface area contributed by atoms with Crippen molar-refractivity contribution in [3.63, 3.8) is 0 Å². The van der Waals surface area contributed by atoms with Gasteiger partial charge in [0, 0.05) is 12.6 Å². The monoisotopic (exact) mass is 249 g/mol. The lowest BCUT2D eigenvalue weighted by atomic mass is 10.1. The molecule has 0 bridgehead atoms. The van der Waals surface area contributed by atoms with Gasteiger partial charge in [0.05, 0.1) is 11.6 Å². The molecule has 0 aromatic carbocycles. The van der Waals surface area contributed by atoms with Crippen molar-refractivity contribution in [2.75, 3.05) is 11.4 Å². The summed E-state index contributed by atoms with van der Waals surface area (Å²) < 4.78 is 0. The lowest BCUT2D eigenvalue weighted by Gasteiger charge is -2.28. The highest BCUT2D eigenvalue weighted by Crippen LogP contribution is 2.24. The fourth-order valence-corrected chi connectivity index (χ4v) is 2.51. The smallest absolute Gasteiger partial charge is 0.132 e. The van der Waals surface area contributed by atoms with Crippen molar-refractivity contribution in [3.05, 3.63) is 22.8 Å². The first kappa shape index (κ1) is 12.2. The lowest BCUT2D eigenvalue weighted by molar-refractivity contribution is 0.611. The molecule has 17 heavy (non-hydrogen) atoms. The highest BCUT2D eigenvalue weighted by atomic mass is 35.5. The van der Waals surface area contributed by atoms with Crippen LogP contribution in [0.5, 0.6) is 0 Å². The third-order valence-electron chi connectivity index (χ3n) is 3.26. The van der Waals surface area contributed by atoms with Crippen LogP contribution in [0.1, 0.15) is 38.2 Å². The van der Waals surface area contributed by atoms with Crippen LogP contribution in [-0.2, 0) is 0 Å². The van der Waals surface area contributed by atoms with Gasteiger partial charge in [0.2, 0.25) is 0 Å². The standard InChI is InChI=1S/C13H16ClN3/c1-10-5-3-2-4-6-17(10)13-8-11(9-15)7-12(14)16-13/h7-8,10H,2-6H2,1H3. The third-order valence-corrected chi connectivity index (χ3v) is 3.45. The molecule has 2 rings (SSSR count). The van der Waals surface area contributed by atoms with Crippen molar-refractivity contribution in [3.8, 4) is 6.07 Å². The maximum atomic E-state index is 8.95. The van der Waals surface area contributed by atoms with E-state index >= 15 is 0 Å². The number of hydrogen-bond acceptors (Lipinski definition) is 3. The Balaban J connectivity index is 2.31. The van der Waals surface area contributed by atoms with Crippen molar-refractivity contribution >= 4 is 17.4 Å². The van der Waals surface area contributed by atoms with Gasteiger partial charge in [0.15, 0.2) is 0 Å². The topological polar surface area (TPSA) is 39.9 Å². The van der Waals surface area contributed by atoms with E-state index in [-0.39, 0.29) is 0 Å². The molecule has 0 saturated carbocycles. The van der Waals surface area contributed by atoms with Gasteiger partial charge in [-0.2, -0.15) is 5.26 Å². The SMILES string of the molecule is CC1CCCCCN1c1cc(C#N)cc(Cl)n1. The molecular formula is C13H16ClN3. The Hall–Kier alpha value is -1.27. The Morgan fingerprint density at radius 2 is 2.24 bits per heavy atom. The maximum absolute atomic E-state index is 8.95. The van der Waals surface area contributed by atoms with Crippen molar-refractivity contribution in [1.29, 1.82) is 5.26 Å². The molecule has 0 amide bonds. The molecule has 1 aliphatic rings. The minimum atomic E-state index is 0.399. The molecule has 1 aliphatic heterocycles. The van der Waals surface area contributed by atoms with E-state index in [1.165, 1.54) is 25.7 Å². The Kier molecular flexibility index (Phi) is 3.86. The van der Waals surface area contributed by atoms with Crippen LogP contribution in [0.15, 0.2) is 12.1 Å². The number of aromatic nitrogens is 1. The Bertz CT molecular complexity index is 439. The zero-order valence-electron chi connectivity index (χ0n) is 9.99. The normalized spacial score (nSPS) is 20.8. The van der Waals surface area contributed by atoms with Gasteiger partial charge in [-0.1, -0.05) is 24.4 Å². The van der Waals surface area contributed by atoms with Crippen LogP contribution >= 0.6 is 11.6 Å². The molecule has 1 fully saturated rings. The summed E-state index contributed by atoms with van der Waals surface area (Å²) in [5.74, 6) is 0.837. The zero-order valence-corrected chi connectivity index (χ0v) is 10.7. The number of pyridine rings is 1. The first-order valence-corrected chi connectivity index (χ1v) is 6.43. The van der Waals surface area contributed by atoms with E-state index in [4.69, 9.17) is 16.9 Å². The van der Waals surface area contributed by atoms with Crippen molar-refractivity contribution in [2.45, 2.75) is 38.6 Å². The van der Waals surface area contributed by atoms with Crippen LogP contribution in [-0.4, -0.2) is 17.6 Å². The summed E-state index contributed by atoms with van der Waals surface area (Å²) >= 11 is 5.95. The molecule has 1 saturated heterocycles. The Morgan fingerprint density at radius 1 is 1.41 bits per heavy atom. The van der Waals surface area contributed by atoms with E-state index in [1.54, 1.807) is 6.07 Å². The maximum Gasteiger partial charge on any atom is 0.132 e. The largest absolute Gasteiger partial charge is 0.354 e. The van der Waals surface area contributed by atoms with Crippen LogP contribution in [0.25, 0.3) is 0 Å². The molecule has 4 heteroatoms. The first-order chi connectivity index (χ1) is 8.20. The molecule has 2 heterocycles. The second kappa shape index (κ2) is 5.37. The third kappa shape index (κ3) is 2.89. The van der Waals surface area contributed by atoms with E-state index in [0.717, 1.165) is 12.4 Å². The highest BCUT2D eigenvalue weighted by Gasteiger charge is 2.19. The van der Waals surface area contributed by atoms with E-state index in [9.17, 15) is 0 Å². The predicted molar refractivity (Wildman–Crippen MR) is 69.2 cm³/mol. The Labute approximate surface area is 107 Å². The number of rotatable bonds is 1. The van der Waals surface area contributed by atoms with Gasteiger partial charge >= 0.3 is 0 Å². The fraction of sp³-hybridized carbons (Fsp3) is 0.538. The summed E-state index contributed by atoms with van der Waals surface area (Å²) in [6.45, 7) is 3.21. The summed E-state index contributed by atoms with van der Waals surface area (Å²) in [7, 11) is 0. The van der Waals surface area contributed by atoms with Crippen molar-refractivity contribution in [1.82, 2.24) is 4.98 Å². The van der Waals surface area contributed by atoms with Crippen LogP contribution in [0.4, 0.5) is 5.82 Å². The lowest BCUT2D eigenvalue weighted by Crippen LogP contribution is -2.33. The predicted octanol–water partition coefficient (Wildman–Crippen LogP) is 3.38. The zero-order chi connectivity index (χ0) is 12.3.